The number of amides is 2. The van der Waals surface area contributed by atoms with Crippen LogP contribution in [-0.4, -0.2) is 26.8 Å². The standard InChI is InChI=1S/C17H20N2O3/c1-21-15-11-7-6-10-14(15)16(22-2)12-18-17(20)19-13-8-4-3-5-9-13/h3-11,16H,12H2,1-2H3,(H2,18,19,20). The summed E-state index contributed by atoms with van der Waals surface area (Å²) in [5, 5.41) is 5.57. The number of anilines is 1. The van der Waals surface area contributed by atoms with Crippen molar-refractivity contribution in [2.45, 2.75) is 6.10 Å². The summed E-state index contributed by atoms with van der Waals surface area (Å²) in [5.74, 6) is 0.736. The van der Waals surface area contributed by atoms with Crippen molar-refractivity contribution in [1.82, 2.24) is 5.32 Å². The Morgan fingerprint density at radius 2 is 1.73 bits per heavy atom. The maximum Gasteiger partial charge on any atom is 0.319 e. The van der Waals surface area contributed by atoms with Crippen LogP contribution in [0.5, 0.6) is 5.75 Å². The van der Waals surface area contributed by atoms with Gasteiger partial charge in [-0.2, -0.15) is 0 Å². The Balaban J connectivity index is 1.95. The summed E-state index contributed by atoms with van der Waals surface area (Å²) < 4.78 is 10.8. The van der Waals surface area contributed by atoms with Gasteiger partial charge in [0.15, 0.2) is 0 Å². The average molecular weight is 300 g/mol. The van der Waals surface area contributed by atoms with E-state index in [9.17, 15) is 4.79 Å². The summed E-state index contributed by atoms with van der Waals surface area (Å²) in [7, 11) is 3.22. The predicted molar refractivity (Wildman–Crippen MR) is 86.2 cm³/mol. The summed E-state index contributed by atoms with van der Waals surface area (Å²) in [6.07, 6.45) is -0.280. The van der Waals surface area contributed by atoms with Gasteiger partial charge in [0.2, 0.25) is 0 Å². The molecule has 5 nitrogen and oxygen atoms in total. The van der Waals surface area contributed by atoms with Crippen molar-refractivity contribution < 1.29 is 14.3 Å². The minimum absolute atomic E-state index is 0.275. The van der Waals surface area contributed by atoms with Crippen molar-refractivity contribution >= 4 is 11.7 Å². The highest BCUT2D eigenvalue weighted by Gasteiger charge is 2.16. The number of carbonyl (C=O) groups excluding carboxylic acids is 1. The predicted octanol–water partition coefficient (Wildman–Crippen LogP) is 3.20. The van der Waals surface area contributed by atoms with E-state index in [-0.39, 0.29) is 12.1 Å². The molecule has 5 heteroatoms. The van der Waals surface area contributed by atoms with Crippen LogP contribution in [-0.2, 0) is 4.74 Å². The molecule has 0 heterocycles. The molecule has 0 aliphatic rings. The molecule has 0 fully saturated rings. The number of para-hydroxylation sites is 2. The summed E-state index contributed by atoms with van der Waals surface area (Å²) in [5.41, 5.74) is 1.64. The molecule has 0 aliphatic carbocycles. The molecule has 2 amide bonds. The molecule has 0 spiro atoms. The van der Waals surface area contributed by atoms with Crippen molar-refractivity contribution in [3.63, 3.8) is 0 Å². The van der Waals surface area contributed by atoms with Crippen LogP contribution in [0.3, 0.4) is 0 Å². The van der Waals surface area contributed by atoms with Crippen LogP contribution in [0.2, 0.25) is 0 Å². The smallest absolute Gasteiger partial charge is 0.319 e. The maximum atomic E-state index is 11.9. The molecule has 0 radical (unpaired) electrons. The van der Waals surface area contributed by atoms with Crippen LogP contribution in [0.4, 0.5) is 10.5 Å². The Labute approximate surface area is 130 Å². The lowest BCUT2D eigenvalue weighted by atomic mass is 10.1. The third-order valence-corrected chi connectivity index (χ3v) is 3.25. The van der Waals surface area contributed by atoms with Gasteiger partial charge in [0, 0.05) is 24.9 Å². The average Bonchev–Trinajstić information content (AvgIpc) is 2.56. The van der Waals surface area contributed by atoms with Crippen LogP contribution >= 0.6 is 0 Å². The van der Waals surface area contributed by atoms with Gasteiger partial charge in [0.1, 0.15) is 11.9 Å². The number of hydrogen-bond acceptors (Lipinski definition) is 3. The second-order valence-corrected chi connectivity index (χ2v) is 4.67. The third kappa shape index (κ3) is 4.23. The third-order valence-electron chi connectivity index (χ3n) is 3.25. The van der Waals surface area contributed by atoms with E-state index < -0.39 is 0 Å². The normalized spacial score (nSPS) is 11.5. The zero-order valence-corrected chi connectivity index (χ0v) is 12.7. The number of ether oxygens (including phenoxy) is 2. The number of urea groups is 1. The first-order valence-corrected chi connectivity index (χ1v) is 7.00. The highest BCUT2D eigenvalue weighted by molar-refractivity contribution is 5.89. The Bertz CT molecular complexity index is 602. The van der Waals surface area contributed by atoms with E-state index in [4.69, 9.17) is 9.47 Å². The fraction of sp³-hybridized carbons (Fsp3) is 0.235. The van der Waals surface area contributed by atoms with Crippen LogP contribution < -0.4 is 15.4 Å². The number of methoxy groups -OCH3 is 2. The van der Waals surface area contributed by atoms with Gasteiger partial charge in [-0.25, -0.2) is 4.79 Å². The Hall–Kier alpha value is -2.53. The van der Waals surface area contributed by atoms with E-state index >= 15 is 0 Å². The molecular weight excluding hydrogens is 280 g/mol. The van der Waals surface area contributed by atoms with Crippen molar-refractivity contribution in [1.29, 1.82) is 0 Å². The van der Waals surface area contributed by atoms with Gasteiger partial charge >= 0.3 is 6.03 Å². The molecule has 2 aromatic carbocycles. The van der Waals surface area contributed by atoms with Crippen LogP contribution in [0.1, 0.15) is 11.7 Å². The second-order valence-electron chi connectivity index (χ2n) is 4.67. The topological polar surface area (TPSA) is 59.6 Å². The molecular formula is C17H20N2O3. The van der Waals surface area contributed by atoms with Crippen molar-refractivity contribution in [2.75, 3.05) is 26.1 Å². The minimum Gasteiger partial charge on any atom is -0.496 e. The van der Waals surface area contributed by atoms with E-state index in [1.54, 1.807) is 14.2 Å². The zero-order valence-electron chi connectivity index (χ0n) is 12.7. The molecule has 0 aliphatic heterocycles. The SMILES string of the molecule is COc1ccccc1C(CNC(=O)Nc1ccccc1)OC. The van der Waals surface area contributed by atoms with Gasteiger partial charge in [0.05, 0.1) is 7.11 Å². The van der Waals surface area contributed by atoms with Crippen molar-refractivity contribution in [2.24, 2.45) is 0 Å². The Kier molecular flexibility index (Phi) is 5.80. The van der Waals surface area contributed by atoms with Crippen LogP contribution in [0.15, 0.2) is 54.6 Å². The zero-order chi connectivity index (χ0) is 15.8. The number of benzene rings is 2. The molecule has 22 heavy (non-hydrogen) atoms. The van der Waals surface area contributed by atoms with E-state index in [1.807, 2.05) is 54.6 Å². The monoisotopic (exact) mass is 300 g/mol. The number of carbonyl (C=O) groups is 1. The van der Waals surface area contributed by atoms with E-state index in [2.05, 4.69) is 10.6 Å². The first kappa shape index (κ1) is 15.9. The molecule has 0 saturated heterocycles. The minimum atomic E-state index is -0.280. The molecule has 0 saturated carbocycles. The molecule has 2 N–H and O–H groups in total. The van der Waals surface area contributed by atoms with E-state index in [1.165, 1.54) is 0 Å². The van der Waals surface area contributed by atoms with Crippen molar-refractivity contribution in [3.05, 3.63) is 60.2 Å². The van der Waals surface area contributed by atoms with Gasteiger partial charge in [-0.05, 0) is 18.2 Å². The lowest BCUT2D eigenvalue weighted by Crippen LogP contribution is -2.33. The highest BCUT2D eigenvalue weighted by Crippen LogP contribution is 2.26. The number of nitrogens with one attached hydrogen (secondary N) is 2. The maximum absolute atomic E-state index is 11.9. The van der Waals surface area contributed by atoms with Gasteiger partial charge in [-0.3, -0.25) is 0 Å². The number of hydrogen-bond donors (Lipinski definition) is 2. The summed E-state index contributed by atoms with van der Waals surface area (Å²) in [4.78, 5) is 11.9. The lowest BCUT2D eigenvalue weighted by molar-refractivity contribution is 0.102. The molecule has 2 aromatic rings. The lowest BCUT2D eigenvalue weighted by Gasteiger charge is -2.19. The molecule has 0 bridgehead atoms. The number of rotatable bonds is 6. The fourth-order valence-corrected chi connectivity index (χ4v) is 2.13. The summed E-state index contributed by atoms with van der Waals surface area (Å²) in [6.45, 7) is 0.343. The summed E-state index contributed by atoms with van der Waals surface area (Å²) in [6, 6.07) is 16.6. The molecule has 1 atom stereocenters. The highest BCUT2D eigenvalue weighted by atomic mass is 16.5. The van der Waals surface area contributed by atoms with Gasteiger partial charge in [-0.15, -0.1) is 0 Å². The van der Waals surface area contributed by atoms with E-state index in [0.29, 0.717) is 6.54 Å². The molecule has 1 unspecified atom stereocenters. The van der Waals surface area contributed by atoms with Gasteiger partial charge < -0.3 is 20.1 Å². The first-order valence-electron chi connectivity index (χ1n) is 7.00. The Morgan fingerprint density at radius 3 is 2.41 bits per heavy atom. The first-order chi connectivity index (χ1) is 10.7. The molecule has 2 rings (SSSR count). The molecule has 0 aromatic heterocycles. The van der Waals surface area contributed by atoms with Gasteiger partial charge in [-0.1, -0.05) is 36.4 Å². The van der Waals surface area contributed by atoms with Crippen LogP contribution in [0.25, 0.3) is 0 Å². The Morgan fingerprint density at radius 1 is 1.05 bits per heavy atom. The fourth-order valence-electron chi connectivity index (χ4n) is 2.13. The molecule has 116 valence electrons. The second kappa shape index (κ2) is 8.05. The summed E-state index contributed by atoms with van der Waals surface area (Å²) >= 11 is 0. The van der Waals surface area contributed by atoms with E-state index in [0.717, 1.165) is 17.0 Å². The quantitative estimate of drug-likeness (QED) is 0.861. The van der Waals surface area contributed by atoms with Gasteiger partial charge in [0.25, 0.3) is 0 Å². The van der Waals surface area contributed by atoms with Crippen LogP contribution in [0, 0.1) is 0 Å². The largest absolute Gasteiger partial charge is 0.496 e. The van der Waals surface area contributed by atoms with Crippen molar-refractivity contribution in [3.8, 4) is 5.75 Å².